The molecule has 53 valence electrons. The third-order valence-corrected chi connectivity index (χ3v) is 1.14. The van der Waals surface area contributed by atoms with E-state index in [0.29, 0.717) is 0 Å². The van der Waals surface area contributed by atoms with Gasteiger partial charge in [0.15, 0.2) is 0 Å². The Bertz CT molecular complexity index is 242. The lowest BCUT2D eigenvalue weighted by Crippen LogP contribution is -2.22. The second-order valence-corrected chi connectivity index (χ2v) is 1.77. The van der Waals surface area contributed by atoms with Crippen molar-refractivity contribution in [2.75, 3.05) is 7.05 Å². The molecule has 0 aromatic carbocycles. The van der Waals surface area contributed by atoms with Crippen molar-refractivity contribution in [3.05, 3.63) is 18.3 Å². The molecular formula is C6H7N2O2. The Labute approximate surface area is 58.1 Å². The van der Waals surface area contributed by atoms with Gasteiger partial charge in [0, 0.05) is 19.3 Å². The highest BCUT2D eigenvalue weighted by atomic mass is 16.3. The van der Waals surface area contributed by atoms with E-state index in [2.05, 4.69) is 5.32 Å². The predicted molar refractivity (Wildman–Crippen MR) is 34.4 cm³/mol. The van der Waals surface area contributed by atoms with Crippen molar-refractivity contribution in [1.29, 1.82) is 0 Å². The van der Waals surface area contributed by atoms with Crippen molar-refractivity contribution >= 4 is 6.03 Å². The maximum Gasteiger partial charge on any atom is 0.328 e. The number of amides is 1. The minimum Gasteiger partial charge on any atom is -0.340 e. The van der Waals surface area contributed by atoms with Crippen LogP contribution in [0.1, 0.15) is 0 Å². The molecule has 0 aliphatic rings. The molecule has 0 aliphatic heterocycles. The molecule has 10 heavy (non-hydrogen) atoms. The normalized spacial score (nSPS) is 9.30. The lowest BCUT2D eigenvalue weighted by molar-refractivity contribution is 0.237. The summed E-state index contributed by atoms with van der Waals surface area (Å²) < 4.78 is 1.00. The van der Waals surface area contributed by atoms with E-state index >= 15 is 0 Å². The van der Waals surface area contributed by atoms with Crippen LogP contribution >= 0.6 is 0 Å². The maximum absolute atomic E-state index is 10.7. The van der Waals surface area contributed by atoms with Crippen LogP contribution in [0.25, 0.3) is 0 Å². The Morgan fingerprint density at radius 2 is 2.40 bits per heavy atom. The summed E-state index contributed by atoms with van der Waals surface area (Å²) in [4.78, 5) is 10.7. The van der Waals surface area contributed by atoms with Gasteiger partial charge in [-0.05, 0) is 6.07 Å². The monoisotopic (exact) mass is 139 g/mol. The second-order valence-electron chi connectivity index (χ2n) is 1.77. The average molecular weight is 139 g/mol. The van der Waals surface area contributed by atoms with Crippen LogP contribution in [-0.4, -0.2) is 17.6 Å². The van der Waals surface area contributed by atoms with Gasteiger partial charge < -0.3 is 5.32 Å². The van der Waals surface area contributed by atoms with Gasteiger partial charge in [-0.3, -0.25) is 5.11 Å². The van der Waals surface area contributed by atoms with Crippen molar-refractivity contribution in [3.8, 4) is 5.88 Å². The molecule has 1 heterocycles. The molecule has 0 fully saturated rings. The average Bonchev–Trinajstić information content (AvgIpc) is 2.34. The third kappa shape index (κ3) is 0.953. The first-order valence-electron chi connectivity index (χ1n) is 2.82. The zero-order chi connectivity index (χ0) is 7.56. The molecule has 0 aliphatic carbocycles. The van der Waals surface area contributed by atoms with Crippen molar-refractivity contribution in [2.24, 2.45) is 0 Å². The Morgan fingerprint density at radius 1 is 1.70 bits per heavy atom. The summed E-state index contributed by atoms with van der Waals surface area (Å²) in [6.45, 7) is 0. The van der Waals surface area contributed by atoms with E-state index in [1.807, 2.05) is 0 Å². The van der Waals surface area contributed by atoms with Gasteiger partial charge in [0.05, 0.1) is 0 Å². The summed E-state index contributed by atoms with van der Waals surface area (Å²) in [5.74, 6) is -0.306. The smallest absolute Gasteiger partial charge is 0.328 e. The van der Waals surface area contributed by atoms with Crippen LogP contribution in [0.3, 0.4) is 0 Å². The summed E-state index contributed by atoms with van der Waals surface area (Å²) >= 11 is 0. The number of hydrogen-bond donors (Lipinski definition) is 1. The number of carbonyl (C=O) groups excluding carboxylic acids is 1. The van der Waals surface area contributed by atoms with Crippen LogP contribution in [-0.2, 0) is 5.11 Å². The van der Waals surface area contributed by atoms with Crippen LogP contribution in [0.2, 0.25) is 0 Å². The molecule has 1 aromatic rings. The fraction of sp³-hybridized carbons (Fsp3) is 0.167. The lowest BCUT2D eigenvalue weighted by atomic mass is 10.7. The van der Waals surface area contributed by atoms with Gasteiger partial charge >= 0.3 is 6.03 Å². The van der Waals surface area contributed by atoms with E-state index in [0.717, 1.165) is 4.57 Å². The summed E-state index contributed by atoms with van der Waals surface area (Å²) in [7, 11) is 1.47. The topological polar surface area (TPSA) is 53.9 Å². The molecule has 0 spiro atoms. The van der Waals surface area contributed by atoms with Gasteiger partial charge in [0.2, 0.25) is 0 Å². The summed E-state index contributed by atoms with van der Waals surface area (Å²) in [6, 6.07) is 2.45. The number of nitrogens with zero attached hydrogens (tertiary/aromatic N) is 1. The van der Waals surface area contributed by atoms with Gasteiger partial charge in [0.25, 0.3) is 5.88 Å². The second kappa shape index (κ2) is 2.43. The predicted octanol–water partition coefficient (Wildman–Crippen LogP) is 0.819. The lowest BCUT2D eigenvalue weighted by Gasteiger charge is -1.97. The molecule has 1 rings (SSSR count). The molecule has 4 nitrogen and oxygen atoms in total. The molecule has 1 aromatic heterocycles. The Hall–Kier alpha value is -1.45. The van der Waals surface area contributed by atoms with Crippen molar-refractivity contribution in [1.82, 2.24) is 9.88 Å². The SMILES string of the molecule is CNC(=O)n1cccc1[O]. The summed E-state index contributed by atoms with van der Waals surface area (Å²) in [6.07, 6.45) is 1.42. The van der Waals surface area contributed by atoms with E-state index in [1.165, 1.54) is 25.4 Å². The Morgan fingerprint density at radius 3 is 2.80 bits per heavy atom. The molecule has 0 unspecified atom stereocenters. The van der Waals surface area contributed by atoms with Gasteiger partial charge in [-0.25, -0.2) is 9.36 Å². The molecule has 0 atom stereocenters. The molecule has 0 bridgehead atoms. The molecule has 1 radical (unpaired) electrons. The molecular weight excluding hydrogens is 132 g/mol. The Balaban J connectivity index is 2.93. The number of rotatable bonds is 0. The largest absolute Gasteiger partial charge is 0.340 e. The fourth-order valence-corrected chi connectivity index (χ4v) is 0.653. The maximum atomic E-state index is 10.7. The number of hydrogen-bond acceptors (Lipinski definition) is 1. The van der Waals surface area contributed by atoms with Gasteiger partial charge in [-0.15, -0.1) is 0 Å². The van der Waals surface area contributed by atoms with Crippen LogP contribution in [0.4, 0.5) is 4.79 Å². The zero-order valence-electron chi connectivity index (χ0n) is 5.50. The first-order chi connectivity index (χ1) is 4.75. The first kappa shape index (κ1) is 6.67. The van der Waals surface area contributed by atoms with E-state index in [1.54, 1.807) is 0 Å². The minimum absolute atomic E-state index is 0.306. The molecule has 0 saturated carbocycles. The molecule has 0 saturated heterocycles. The molecule has 1 amide bonds. The van der Waals surface area contributed by atoms with Gasteiger partial charge in [-0.1, -0.05) is 0 Å². The number of carbonyl (C=O) groups is 1. The highest BCUT2D eigenvalue weighted by Crippen LogP contribution is 2.08. The zero-order valence-corrected chi connectivity index (χ0v) is 5.50. The van der Waals surface area contributed by atoms with Crippen molar-refractivity contribution < 1.29 is 9.90 Å². The van der Waals surface area contributed by atoms with Crippen LogP contribution < -0.4 is 5.32 Å². The Kier molecular flexibility index (Phi) is 1.62. The first-order valence-corrected chi connectivity index (χ1v) is 2.82. The highest BCUT2D eigenvalue weighted by Gasteiger charge is 2.05. The van der Waals surface area contributed by atoms with Crippen molar-refractivity contribution in [3.63, 3.8) is 0 Å². The number of nitrogens with one attached hydrogen (secondary N) is 1. The van der Waals surface area contributed by atoms with Gasteiger partial charge in [0.1, 0.15) is 0 Å². The van der Waals surface area contributed by atoms with E-state index in [-0.39, 0.29) is 5.88 Å². The third-order valence-electron chi connectivity index (χ3n) is 1.14. The minimum atomic E-state index is -0.407. The van der Waals surface area contributed by atoms with E-state index < -0.39 is 6.03 Å². The number of aromatic nitrogens is 1. The summed E-state index contributed by atoms with van der Waals surface area (Å²) in [5.41, 5.74) is 0. The van der Waals surface area contributed by atoms with Crippen molar-refractivity contribution in [2.45, 2.75) is 0 Å². The standard InChI is InChI=1S/C6H7N2O2/c1-7-6(10)8-4-2-3-5(8)9/h2-4H,1H3,(H,7,10). The van der Waals surface area contributed by atoms with E-state index in [9.17, 15) is 9.90 Å². The quantitative estimate of drug-likeness (QED) is 0.568. The summed E-state index contributed by atoms with van der Waals surface area (Å²) in [5, 5.41) is 13.1. The molecule has 4 heteroatoms. The highest BCUT2D eigenvalue weighted by molar-refractivity contribution is 5.77. The van der Waals surface area contributed by atoms with Crippen LogP contribution in [0.15, 0.2) is 18.3 Å². The van der Waals surface area contributed by atoms with Crippen LogP contribution in [0.5, 0.6) is 5.88 Å². The van der Waals surface area contributed by atoms with Crippen LogP contribution in [0, 0.1) is 0 Å². The fourth-order valence-electron chi connectivity index (χ4n) is 0.653. The van der Waals surface area contributed by atoms with E-state index in [4.69, 9.17) is 0 Å². The van der Waals surface area contributed by atoms with Gasteiger partial charge in [-0.2, -0.15) is 0 Å². The molecule has 1 N–H and O–H groups in total.